The lowest BCUT2D eigenvalue weighted by molar-refractivity contribution is -0.119. The Morgan fingerprint density at radius 1 is 1.23 bits per heavy atom. The maximum absolute atomic E-state index is 11.0. The normalized spacial score (nSPS) is 10.3. The average Bonchev–Trinajstić information content (AvgIpc) is 2.11. The summed E-state index contributed by atoms with van der Waals surface area (Å²) < 4.78 is 10.0. The highest BCUT2D eigenvalue weighted by Gasteiger charge is 1.99. The number of carbonyl (C=O) groups excluding carboxylic acids is 1. The predicted octanol–water partition coefficient (Wildman–Crippen LogP) is 1.32. The Hall–Kier alpha value is -0.0600. The van der Waals surface area contributed by atoms with Crippen LogP contribution in [0.15, 0.2) is 0 Å². The van der Waals surface area contributed by atoms with Gasteiger partial charge >= 0.3 is 0 Å². The van der Waals surface area contributed by atoms with Gasteiger partial charge in [0.05, 0.1) is 13.2 Å². The fraction of sp³-hybridized carbons (Fsp3) is 0.889. The van der Waals surface area contributed by atoms with Crippen LogP contribution >= 0.6 is 12.6 Å². The van der Waals surface area contributed by atoms with E-state index in [0.717, 1.165) is 6.42 Å². The van der Waals surface area contributed by atoms with Crippen molar-refractivity contribution in [3.63, 3.8) is 0 Å². The molecule has 78 valence electrons. The molecular formula is C9H18O3S. The Kier molecular flexibility index (Phi) is 9.98. The van der Waals surface area contributed by atoms with E-state index in [1.54, 1.807) is 7.11 Å². The third kappa shape index (κ3) is 9.86. The Morgan fingerprint density at radius 2 is 2.00 bits per heavy atom. The first-order chi connectivity index (χ1) is 6.31. The van der Waals surface area contributed by atoms with Crippen LogP contribution in [0.3, 0.4) is 0 Å². The van der Waals surface area contributed by atoms with Crippen LogP contribution in [0.5, 0.6) is 0 Å². The Balaban J connectivity index is 3.02. The van der Waals surface area contributed by atoms with Crippen molar-refractivity contribution in [3.8, 4) is 0 Å². The second-order valence-electron chi connectivity index (χ2n) is 2.72. The standard InChI is InChI=1S/C9H18O3S/c1-11-6-7-12-5-2-3-9(10)4-8-13/h13H,2-8H2,1H3. The number of rotatable bonds is 9. The second kappa shape index (κ2) is 10.0. The van der Waals surface area contributed by atoms with Crippen molar-refractivity contribution in [3.05, 3.63) is 0 Å². The summed E-state index contributed by atoms with van der Waals surface area (Å²) in [6, 6.07) is 0. The second-order valence-corrected chi connectivity index (χ2v) is 3.17. The summed E-state index contributed by atoms with van der Waals surface area (Å²) in [5.41, 5.74) is 0. The molecule has 0 amide bonds. The first-order valence-corrected chi connectivity index (χ1v) is 5.13. The molecule has 0 aromatic rings. The highest BCUT2D eigenvalue weighted by molar-refractivity contribution is 7.80. The molecule has 3 nitrogen and oxygen atoms in total. The molecule has 0 fully saturated rings. The number of Topliss-reactive ketones (excluding diaryl/α,β-unsaturated/α-hetero) is 1. The topological polar surface area (TPSA) is 35.5 Å². The first kappa shape index (κ1) is 12.9. The lowest BCUT2D eigenvalue weighted by atomic mass is 10.2. The maximum atomic E-state index is 11.0. The van der Waals surface area contributed by atoms with Crippen molar-refractivity contribution >= 4 is 18.4 Å². The minimum absolute atomic E-state index is 0.269. The molecule has 0 bridgehead atoms. The third-order valence-corrected chi connectivity index (χ3v) is 1.79. The third-order valence-electron chi connectivity index (χ3n) is 1.57. The van der Waals surface area contributed by atoms with E-state index in [0.29, 0.717) is 38.4 Å². The molecule has 0 heterocycles. The van der Waals surface area contributed by atoms with Gasteiger partial charge in [-0.3, -0.25) is 4.79 Å². The summed E-state index contributed by atoms with van der Waals surface area (Å²) in [5.74, 6) is 0.911. The molecule has 0 aliphatic rings. The van der Waals surface area contributed by atoms with Crippen molar-refractivity contribution in [1.29, 1.82) is 0 Å². The van der Waals surface area contributed by atoms with E-state index in [1.807, 2.05) is 0 Å². The van der Waals surface area contributed by atoms with E-state index < -0.39 is 0 Å². The zero-order chi connectivity index (χ0) is 9.94. The molecule has 13 heavy (non-hydrogen) atoms. The van der Waals surface area contributed by atoms with Gasteiger partial charge in [0.2, 0.25) is 0 Å². The monoisotopic (exact) mass is 206 g/mol. The van der Waals surface area contributed by atoms with Crippen LogP contribution in [0, 0.1) is 0 Å². The maximum Gasteiger partial charge on any atom is 0.133 e. The molecule has 0 radical (unpaired) electrons. The number of thiol groups is 1. The molecule has 0 atom stereocenters. The van der Waals surface area contributed by atoms with E-state index in [-0.39, 0.29) is 5.78 Å². The highest BCUT2D eigenvalue weighted by Crippen LogP contribution is 1.97. The van der Waals surface area contributed by atoms with Crippen LogP contribution in [-0.2, 0) is 14.3 Å². The number of ether oxygens (including phenoxy) is 2. The lowest BCUT2D eigenvalue weighted by Crippen LogP contribution is -2.05. The molecule has 0 aromatic heterocycles. The van der Waals surface area contributed by atoms with E-state index in [1.165, 1.54) is 0 Å². The number of ketones is 1. The van der Waals surface area contributed by atoms with Gasteiger partial charge in [0.1, 0.15) is 5.78 Å². The van der Waals surface area contributed by atoms with E-state index >= 15 is 0 Å². The predicted molar refractivity (Wildman–Crippen MR) is 55.4 cm³/mol. The van der Waals surface area contributed by atoms with Crippen LogP contribution in [0.2, 0.25) is 0 Å². The molecular weight excluding hydrogens is 188 g/mol. The summed E-state index contributed by atoms with van der Waals surface area (Å²) in [6.45, 7) is 1.86. The van der Waals surface area contributed by atoms with E-state index in [4.69, 9.17) is 9.47 Å². The smallest absolute Gasteiger partial charge is 0.133 e. The molecule has 0 spiro atoms. The van der Waals surface area contributed by atoms with Crippen molar-refractivity contribution in [2.24, 2.45) is 0 Å². The van der Waals surface area contributed by atoms with Gasteiger partial charge in [0.25, 0.3) is 0 Å². The van der Waals surface area contributed by atoms with Crippen LogP contribution < -0.4 is 0 Å². The van der Waals surface area contributed by atoms with Crippen LogP contribution in [0.25, 0.3) is 0 Å². The van der Waals surface area contributed by atoms with E-state index in [9.17, 15) is 4.79 Å². The van der Waals surface area contributed by atoms with Crippen molar-refractivity contribution in [2.75, 3.05) is 32.7 Å². The van der Waals surface area contributed by atoms with Gasteiger partial charge in [0, 0.05) is 26.6 Å². The lowest BCUT2D eigenvalue weighted by Gasteiger charge is -2.02. The van der Waals surface area contributed by atoms with Gasteiger partial charge in [-0.15, -0.1) is 0 Å². The fourth-order valence-electron chi connectivity index (χ4n) is 0.865. The number of hydrogen-bond acceptors (Lipinski definition) is 4. The summed E-state index contributed by atoms with van der Waals surface area (Å²) in [6.07, 6.45) is 1.98. The van der Waals surface area contributed by atoms with Crippen molar-refractivity contribution < 1.29 is 14.3 Å². The zero-order valence-corrected chi connectivity index (χ0v) is 9.02. The van der Waals surface area contributed by atoms with Gasteiger partial charge in [-0.1, -0.05) is 0 Å². The number of carbonyl (C=O) groups is 1. The summed E-state index contributed by atoms with van der Waals surface area (Å²) >= 11 is 3.98. The van der Waals surface area contributed by atoms with Crippen LogP contribution in [0.4, 0.5) is 0 Å². The van der Waals surface area contributed by atoms with E-state index in [2.05, 4.69) is 12.6 Å². The van der Waals surface area contributed by atoms with Crippen molar-refractivity contribution in [2.45, 2.75) is 19.3 Å². The summed E-state index contributed by atoms with van der Waals surface area (Å²) in [5, 5.41) is 0. The SMILES string of the molecule is COCCOCCCC(=O)CCS. The summed E-state index contributed by atoms with van der Waals surface area (Å²) in [7, 11) is 1.64. The highest BCUT2D eigenvalue weighted by atomic mass is 32.1. The Labute approximate surface area is 85.2 Å². The number of hydrogen-bond donors (Lipinski definition) is 1. The minimum Gasteiger partial charge on any atom is -0.382 e. The fourth-order valence-corrected chi connectivity index (χ4v) is 1.11. The quantitative estimate of drug-likeness (QED) is 0.456. The van der Waals surface area contributed by atoms with Gasteiger partial charge in [-0.2, -0.15) is 12.6 Å². The van der Waals surface area contributed by atoms with Gasteiger partial charge in [-0.05, 0) is 12.2 Å². The molecule has 0 aliphatic heterocycles. The average molecular weight is 206 g/mol. The number of methoxy groups -OCH3 is 1. The molecule has 0 unspecified atom stereocenters. The van der Waals surface area contributed by atoms with Gasteiger partial charge in [-0.25, -0.2) is 0 Å². The van der Waals surface area contributed by atoms with Gasteiger partial charge < -0.3 is 9.47 Å². The molecule has 4 heteroatoms. The molecule has 0 aromatic carbocycles. The molecule has 0 rings (SSSR count). The minimum atomic E-state index is 0.269. The molecule has 0 saturated heterocycles. The molecule has 0 saturated carbocycles. The largest absolute Gasteiger partial charge is 0.382 e. The Bertz CT molecular complexity index is 128. The zero-order valence-electron chi connectivity index (χ0n) is 8.12. The van der Waals surface area contributed by atoms with Gasteiger partial charge in [0.15, 0.2) is 0 Å². The van der Waals surface area contributed by atoms with Crippen LogP contribution in [0.1, 0.15) is 19.3 Å². The first-order valence-electron chi connectivity index (χ1n) is 4.50. The van der Waals surface area contributed by atoms with Crippen LogP contribution in [-0.4, -0.2) is 38.5 Å². The summed E-state index contributed by atoms with van der Waals surface area (Å²) in [4.78, 5) is 11.0. The molecule has 0 N–H and O–H groups in total. The van der Waals surface area contributed by atoms with Crippen molar-refractivity contribution in [1.82, 2.24) is 0 Å². The molecule has 0 aliphatic carbocycles. The Morgan fingerprint density at radius 3 is 2.62 bits per heavy atom.